The van der Waals surface area contributed by atoms with E-state index < -0.39 is 0 Å². The van der Waals surface area contributed by atoms with Crippen LogP contribution in [0.4, 0.5) is 0 Å². The highest BCUT2D eigenvalue weighted by atomic mass is 79.9. The summed E-state index contributed by atoms with van der Waals surface area (Å²) in [6, 6.07) is 4.23. The number of carbonyl (C=O) groups excluding carboxylic acids is 1. The zero-order valence-corrected chi connectivity index (χ0v) is 15.1. The zero-order chi connectivity index (χ0) is 13.9. The largest absolute Gasteiger partial charge is 0.347 e. The van der Waals surface area contributed by atoms with Crippen LogP contribution in [0.1, 0.15) is 23.3 Å². The number of aromatic nitrogens is 1. The number of carbonyl (C=O) groups is 1. The first-order chi connectivity index (χ1) is 9.72. The van der Waals surface area contributed by atoms with Crippen LogP contribution in [-0.4, -0.2) is 30.0 Å². The zero-order valence-electron chi connectivity index (χ0n) is 11.1. The van der Waals surface area contributed by atoms with Crippen LogP contribution in [0.5, 0.6) is 0 Å². The number of nitrogens with one attached hydrogen (secondary N) is 2. The molecular weight excluding hydrogens is 394 g/mol. The van der Waals surface area contributed by atoms with Crippen LogP contribution in [0, 0.1) is 0 Å². The van der Waals surface area contributed by atoms with Crippen LogP contribution in [-0.2, 0) is 0 Å². The molecule has 0 radical (unpaired) electrons. The lowest BCUT2D eigenvalue weighted by atomic mass is 10.1. The van der Waals surface area contributed by atoms with Crippen molar-refractivity contribution in [3.8, 4) is 9.88 Å². The molecule has 0 spiro atoms. The van der Waals surface area contributed by atoms with Gasteiger partial charge in [0, 0.05) is 18.0 Å². The second kappa shape index (κ2) is 7.69. The monoisotopic (exact) mass is 407 g/mol. The smallest absolute Gasteiger partial charge is 0.271 e. The van der Waals surface area contributed by atoms with E-state index >= 15 is 0 Å². The summed E-state index contributed by atoms with van der Waals surface area (Å²) in [5.41, 5.74) is 0.514. The number of nitrogens with zero attached hydrogens (tertiary/aromatic N) is 1. The van der Waals surface area contributed by atoms with Gasteiger partial charge in [-0.3, -0.25) is 4.79 Å². The number of hydrogen-bond donors (Lipinski definition) is 2. The Balaban J connectivity index is 0.00000161. The van der Waals surface area contributed by atoms with Gasteiger partial charge in [0.2, 0.25) is 0 Å². The summed E-state index contributed by atoms with van der Waals surface area (Å²) < 4.78 is 1.07. The van der Waals surface area contributed by atoms with Crippen molar-refractivity contribution in [1.29, 1.82) is 0 Å². The highest BCUT2D eigenvalue weighted by Gasteiger charge is 2.18. The molecule has 21 heavy (non-hydrogen) atoms. The van der Waals surface area contributed by atoms with E-state index in [1.807, 2.05) is 17.5 Å². The molecule has 2 aromatic rings. The predicted molar refractivity (Wildman–Crippen MR) is 93.7 cm³/mol. The summed E-state index contributed by atoms with van der Waals surface area (Å²) in [6.45, 7) is 1.89. The standard InChI is InChI=1S/C13H14BrN3OS2.ClH/c14-11-4-3-10(20-11)13-17-9(7-19-13)12(18)16-8-2-1-5-15-6-8;/h3-4,7-8,15H,1-2,5-6H2,(H,16,18);1H. The van der Waals surface area contributed by atoms with E-state index in [2.05, 4.69) is 31.5 Å². The minimum Gasteiger partial charge on any atom is -0.347 e. The fourth-order valence-corrected chi connectivity index (χ4v) is 4.41. The summed E-state index contributed by atoms with van der Waals surface area (Å²) in [4.78, 5) is 17.7. The number of rotatable bonds is 3. The summed E-state index contributed by atoms with van der Waals surface area (Å²) in [6.07, 6.45) is 2.14. The third kappa shape index (κ3) is 4.26. The number of halogens is 2. The Hall–Kier alpha value is -0.470. The van der Waals surface area contributed by atoms with Gasteiger partial charge in [-0.05, 0) is 47.4 Å². The van der Waals surface area contributed by atoms with Gasteiger partial charge in [-0.25, -0.2) is 4.98 Å². The first-order valence-corrected chi connectivity index (χ1v) is 8.94. The van der Waals surface area contributed by atoms with E-state index in [-0.39, 0.29) is 24.4 Å². The van der Waals surface area contributed by atoms with Gasteiger partial charge in [0.05, 0.1) is 8.66 Å². The molecule has 0 saturated carbocycles. The molecule has 1 fully saturated rings. The molecule has 0 bridgehead atoms. The predicted octanol–water partition coefficient (Wildman–Crippen LogP) is 3.54. The highest BCUT2D eigenvalue weighted by molar-refractivity contribution is 9.11. The fourth-order valence-electron chi connectivity index (χ4n) is 2.15. The van der Waals surface area contributed by atoms with Crippen LogP contribution in [0.15, 0.2) is 21.3 Å². The van der Waals surface area contributed by atoms with E-state index in [0.29, 0.717) is 5.69 Å². The molecule has 1 saturated heterocycles. The minimum absolute atomic E-state index is 0. The van der Waals surface area contributed by atoms with E-state index in [1.54, 1.807) is 11.3 Å². The van der Waals surface area contributed by atoms with Gasteiger partial charge in [-0.1, -0.05) is 0 Å². The summed E-state index contributed by atoms with van der Waals surface area (Å²) in [5, 5.41) is 9.06. The molecule has 1 atom stereocenters. The molecule has 2 aromatic heterocycles. The lowest BCUT2D eigenvalue weighted by Gasteiger charge is -2.23. The van der Waals surface area contributed by atoms with E-state index in [9.17, 15) is 4.79 Å². The molecule has 3 rings (SSSR count). The maximum absolute atomic E-state index is 12.2. The van der Waals surface area contributed by atoms with Gasteiger partial charge in [0.25, 0.3) is 5.91 Å². The van der Waals surface area contributed by atoms with Crippen molar-refractivity contribution >= 4 is 56.9 Å². The van der Waals surface area contributed by atoms with Crippen molar-refractivity contribution in [2.24, 2.45) is 0 Å². The SMILES string of the molecule is Cl.O=C(NC1CCCNC1)c1csc(-c2ccc(Br)s2)n1. The first-order valence-electron chi connectivity index (χ1n) is 6.45. The Morgan fingerprint density at radius 2 is 2.33 bits per heavy atom. The Kier molecular flexibility index (Phi) is 6.19. The van der Waals surface area contributed by atoms with Gasteiger partial charge in [-0.15, -0.1) is 35.1 Å². The van der Waals surface area contributed by atoms with Crippen LogP contribution >= 0.6 is 51.0 Å². The van der Waals surface area contributed by atoms with Crippen LogP contribution in [0.3, 0.4) is 0 Å². The van der Waals surface area contributed by atoms with Crippen LogP contribution < -0.4 is 10.6 Å². The maximum Gasteiger partial charge on any atom is 0.271 e. The van der Waals surface area contributed by atoms with Crippen molar-refractivity contribution in [3.63, 3.8) is 0 Å². The molecule has 1 unspecified atom stereocenters. The normalized spacial score (nSPS) is 18.0. The topological polar surface area (TPSA) is 54.0 Å². The molecule has 1 aliphatic heterocycles. The second-order valence-corrected chi connectivity index (χ2v) is 7.98. The molecule has 3 heterocycles. The van der Waals surface area contributed by atoms with E-state index in [0.717, 1.165) is 39.6 Å². The molecule has 2 N–H and O–H groups in total. The molecule has 1 amide bonds. The fraction of sp³-hybridized carbons (Fsp3) is 0.385. The van der Waals surface area contributed by atoms with Crippen molar-refractivity contribution in [3.05, 3.63) is 27.0 Å². The third-order valence-corrected chi connectivity index (χ3v) is 5.79. The molecule has 114 valence electrons. The molecule has 0 aliphatic carbocycles. The minimum atomic E-state index is -0.0724. The third-order valence-electron chi connectivity index (χ3n) is 3.15. The van der Waals surface area contributed by atoms with Crippen LogP contribution in [0.2, 0.25) is 0 Å². The van der Waals surface area contributed by atoms with Crippen molar-refractivity contribution in [2.45, 2.75) is 18.9 Å². The summed E-state index contributed by atoms with van der Waals surface area (Å²) in [7, 11) is 0. The summed E-state index contributed by atoms with van der Waals surface area (Å²) >= 11 is 6.57. The van der Waals surface area contributed by atoms with Crippen molar-refractivity contribution < 1.29 is 4.79 Å². The van der Waals surface area contributed by atoms with E-state index in [1.165, 1.54) is 11.3 Å². The first kappa shape index (κ1) is 16.9. The Morgan fingerprint density at radius 3 is 3.00 bits per heavy atom. The van der Waals surface area contributed by atoms with Crippen molar-refractivity contribution in [1.82, 2.24) is 15.6 Å². The highest BCUT2D eigenvalue weighted by Crippen LogP contribution is 2.33. The molecule has 1 aliphatic rings. The average Bonchev–Trinajstić information content (AvgIpc) is 3.08. The molecule has 8 heteroatoms. The Morgan fingerprint density at radius 1 is 1.48 bits per heavy atom. The van der Waals surface area contributed by atoms with E-state index in [4.69, 9.17) is 0 Å². The second-order valence-electron chi connectivity index (χ2n) is 4.66. The number of thiophene rings is 1. The van der Waals surface area contributed by atoms with Crippen molar-refractivity contribution in [2.75, 3.05) is 13.1 Å². The quantitative estimate of drug-likeness (QED) is 0.817. The number of thiazole rings is 1. The van der Waals surface area contributed by atoms with Gasteiger partial charge in [-0.2, -0.15) is 0 Å². The number of amides is 1. The number of piperidine rings is 1. The average molecular weight is 409 g/mol. The van der Waals surface area contributed by atoms with Gasteiger partial charge in [0.1, 0.15) is 10.7 Å². The lowest BCUT2D eigenvalue weighted by Crippen LogP contribution is -2.45. The molecular formula is C13H15BrClN3OS2. The number of hydrogen-bond acceptors (Lipinski definition) is 5. The summed E-state index contributed by atoms with van der Waals surface area (Å²) in [5.74, 6) is -0.0724. The molecule has 0 aromatic carbocycles. The van der Waals surface area contributed by atoms with Gasteiger partial charge >= 0.3 is 0 Å². The molecule has 4 nitrogen and oxygen atoms in total. The maximum atomic E-state index is 12.2. The van der Waals surface area contributed by atoms with Gasteiger partial charge in [0.15, 0.2) is 0 Å². The Labute approximate surface area is 145 Å². The van der Waals surface area contributed by atoms with Gasteiger partial charge < -0.3 is 10.6 Å². The Bertz CT molecular complexity index is 610. The lowest BCUT2D eigenvalue weighted by molar-refractivity contribution is 0.0926. The van der Waals surface area contributed by atoms with Crippen LogP contribution in [0.25, 0.3) is 9.88 Å².